The molecule has 0 atom stereocenters. The highest BCUT2D eigenvalue weighted by Crippen LogP contribution is 2.20. The SMILES string of the molecule is COc1ccccc1C(=O)NCCN(C(C)=O)c1cccc(Br)c1. The molecule has 2 rings (SSSR count). The molecule has 0 unspecified atom stereocenters. The Bertz CT molecular complexity index is 734. The quantitative estimate of drug-likeness (QED) is 0.823. The lowest BCUT2D eigenvalue weighted by atomic mass is 10.2. The van der Waals surface area contributed by atoms with Crippen LogP contribution in [0.3, 0.4) is 0 Å². The number of anilines is 1. The van der Waals surface area contributed by atoms with Gasteiger partial charge in [0, 0.05) is 30.2 Å². The number of benzene rings is 2. The lowest BCUT2D eigenvalue weighted by Crippen LogP contribution is -2.37. The van der Waals surface area contributed by atoms with E-state index in [2.05, 4.69) is 21.2 Å². The summed E-state index contributed by atoms with van der Waals surface area (Å²) in [5.41, 5.74) is 1.25. The summed E-state index contributed by atoms with van der Waals surface area (Å²) in [5.74, 6) is 0.204. The number of nitrogens with one attached hydrogen (secondary N) is 1. The number of methoxy groups -OCH3 is 1. The monoisotopic (exact) mass is 390 g/mol. The van der Waals surface area contributed by atoms with E-state index >= 15 is 0 Å². The van der Waals surface area contributed by atoms with Crippen molar-refractivity contribution in [2.75, 3.05) is 25.1 Å². The molecular formula is C18H19BrN2O3. The van der Waals surface area contributed by atoms with E-state index in [1.54, 1.807) is 29.2 Å². The second-order valence-electron chi connectivity index (χ2n) is 5.11. The van der Waals surface area contributed by atoms with Crippen LogP contribution in [0.2, 0.25) is 0 Å². The fourth-order valence-electron chi connectivity index (χ4n) is 2.32. The topological polar surface area (TPSA) is 58.6 Å². The maximum Gasteiger partial charge on any atom is 0.255 e. The van der Waals surface area contributed by atoms with Crippen LogP contribution < -0.4 is 15.0 Å². The van der Waals surface area contributed by atoms with Crippen LogP contribution in [0.1, 0.15) is 17.3 Å². The number of halogens is 1. The number of hydrogen-bond acceptors (Lipinski definition) is 3. The normalized spacial score (nSPS) is 10.1. The molecule has 0 saturated heterocycles. The van der Waals surface area contributed by atoms with Gasteiger partial charge in [-0.15, -0.1) is 0 Å². The van der Waals surface area contributed by atoms with Gasteiger partial charge in [-0.25, -0.2) is 0 Å². The number of nitrogens with zero attached hydrogens (tertiary/aromatic N) is 1. The molecule has 0 bridgehead atoms. The van der Waals surface area contributed by atoms with Crippen molar-refractivity contribution in [3.05, 3.63) is 58.6 Å². The van der Waals surface area contributed by atoms with Crippen LogP contribution in [0.5, 0.6) is 5.75 Å². The molecular weight excluding hydrogens is 372 g/mol. The average Bonchev–Trinajstić information content (AvgIpc) is 2.58. The fourth-order valence-corrected chi connectivity index (χ4v) is 2.71. The minimum atomic E-state index is -0.231. The van der Waals surface area contributed by atoms with Gasteiger partial charge in [-0.05, 0) is 30.3 Å². The number of hydrogen-bond donors (Lipinski definition) is 1. The van der Waals surface area contributed by atoms with E-state index in [9.17, 15) is 9.59 Å². The number of carbonyl (C=O) groups excluding carboxylic acids is 2. The van der Waals surface area contributed by atoms with E-state index in [0.29, 0.717) is 24.4 Å². The molecule has 0 saturated carbocycles. The zero-order valence-corrected chi connectivity index (χ0v) is 15.2. The predicted molar refractivity (Wildman–Crippen MR) is 97.5 cm³/mol. The van der Waals surface area contributed by atoms with E-state index in [4.69, 9.17) is 4.74 Å². The summed E-state index contributed by atoms with van der Waals surface area (Å²) in [5, 5.41) is 2.82. The van der Waals surface area contributed by atoms with Crippen LogP contribution >= 0.6 is 15.9 Å². The predicted octanol–water partition coefficient (Wildman–Crippen LogP) is 3.24. The second-order valence-corrected chi connectivity index (χ2v) is 6.02. The summed E-state index contributed by atoms with van der Waals surface area (Å²) in [6.45, 7) is 2.22. The van der Waals surface area contributed by atoms with Crippen LogP contribution in [0.4, 0.5) is 5.69 Å². The Morgan fingerprint density at radius 2 is 1.92 bits per heavy atom. The molecule has 2 aromatic carbocycles. The third-order valence-electron chi connectivity index (χ3n) is 3.47. The first-order valence-electron chi connectivity index (χ1n) is 7.48. The lowest BCUT2D eigenvalue weighted by molar-refractivity contribution is -0.116. The van der Waals surface area contributed by atoms with Gasteiger partial charge in [-0.1, -0.05) is 34.1 Å². The Balaban J connectivity index is 2.00. The van der Waals surface area contributed by atoms with E-state index in [1.807, 2.05) is 24.3 Å². The molecule has 0 aliphatic rings. The summed E-state index contributed by atoms with van der Waals surface area (Å²) in [4.78, 5) is 25.8. The summed E-state index contributed by atoms with van der Waals surface area (Å²) in [6, 6.07) is 14.5. The van der Waals surface area contributed by atoms with Gasteiger partial charge in [0.25, 0.3) is 5.91 Å². The van der Waals surface area contributed by atoms with Gasteiger partial charge < -0.3 is 15.0 Å². The summed E-state index contributed by atoms with van der Waals surface area (Å²) in [7, 11) is 1.52. The molecule has 2 amide bonds. The third-order valence-corrected chi connectivity index (χ3v) is 3.97. The fraction of sp³-hybridized carbons (Fsp3) is 0.222. The highest BCUT2D eigenvalue weighted by molar-refractivity contribution is 9.10. The Morgan fingerprint density at radius 3 is 2.58 bits per heavy atom. The first-order valence-corrected chi connectivity index (χ1v) is 8.27. The van der Waals surface area contributed by atoms with E-state index < -0.39 is 0 Å². The molecule has 126 valence electrons. The summed E-state index contributed by atoms with van der Waals surface area (Å²) < 4.78 is 6.08. The molecule has 0 radical (unpaired) electrons. The molecule has 0 spiro atoms. The summed E-state index contributed by atoms with van der Waals surface area (Å²) in [6.07, 6.45) is 0. The standard InChI is InChI=1S/C18H19BrN2O3/c1-13(22)21(15-7-5-6-14(19)12-15)11-10-20-18(23)16-8-3-4-9-17(16)24-2/h3-9,12H,10-11H2,1-2H3,(H,20,23). The maximum absolute atomic E-state index is 12.3. The van der Waals surface area contributed by atoms with Gasteiger partial charge in [0.15, 0.2) is 0 Å². The van der Waals surface area contributed by atoms with Crippen molar-refractivity contribution in [2.24, 2.45) is 0 Å². The van der Waals surface area contributed by atoms with E-state index in [-0.39, 0.29) is 11.8 Å². The van der Waals surface area contributed by atoms with E-state index in [1.165, 1.54) is 14.0 Å². The number of rotatable bonds is 6. The number of carbonyl (C=O) groups is 2. The van der Waals surface area contributed by atoms with Crippen molar-refractivity contribution in [2.45, 2.75) is 6.92 Å². The van der Waals surface area contributed by atoms with Crippen molar-refractivity contribution in [1.29, 1.82) is 0 Å². The van der Waals surface area contributed by atoms with Crippen LogP contribution in [0.25, 0.3) is 0 Å². The molecule has 5 nitrogen and oxygen atoms in total. The van der Waals surface area contributed by atoms with Gasteiger partial charge in [0.2, 0.25) is 5.91 Å². The first kappa shape index (κ1) is 18.0. The van der Waals surface area contributed by atoms with Gasteiger partial charge >= 0.3 is 0 Å². The maximum atomic E-state index is 12.3. The molecule has 1 N–H and O–H groups in total. The molecule has 24 heavy (non-hydrogen) atoms. The van der Waals surface area contributed by atoms with Crippen molar-refractivity contribution < 1.29 is 14.3 Å². The first-order chi connectivity index (χ1) is 11.5. The molecule has 0 aliphatic carbocycles. The highest BCUT2D eigenvalue weighted by Gasteiger charge is 2.14. The van der Waals surface area contributed by atoms with E-state index in [0.717, 1.165) is 10.2 Å². The minimum Gasteiger partial charge on any atom is -0.496 e. The van der Waals surface area contributed by atoms with Crippen LogP contribution in [0, 0.1) is 0 Å². The van der Waals surface area contributed by atoms with Gasteiger partial charge in [0.05, 0.1) is 12.7 Å². The second kappa shape index (κ2) is 8.49. The third kappa shape index (κ3) is 4.58. The van der Waals surface area contributed by atoms with Gasteiger partial charge in [-0.3, -0.25) is 9.59 Å². The summed E-state index contributed by atoms with van der Waals surface area (Å²) >= 11 is 3.40. The molecule has 0 aromatic heterocycles. The number of ether oxygens (including phenoxy) is 1. The van der Waals surface area contributed by atoms with Crippen molar-refractivity contribution in [1.82, 2.24) is 5.32 Å². The smallest absolute Gasteiger partial charge is 0.255 e. The molecule has 2 aromatic rings. The number of para-hydroxylation sites is 1. The Kier molecular flexibility index (Phi) is 6.37. The van der Waals surface area contributed by atoms with Crippen LogP contribution in [-0.4, -0.2) is 32.0 Å². The van der Waals surface area contributed by atoms with Crippen LogP contribution in [-0.2, 0) is 4.79 Å². The zero-order chi connectivity index (χ0) is 17.5. The largest absolute Gasteiger partial charge is 0.496 e. The zero-order valence-electron chi connectivity index (χ0n) is 13.6. The van der Waals surface area contributed by atoms with Crippen molar-refractivity contribution in [3.63, 3.8) is 0 Å². The van der Waals surface area contributed by atoms with Crippen molar-refractivity contribution in [3.8, 4) is 5.75 Å². The van der Waals surface area contributed by atoms with Gasteiger partial charge in [-0.2, -0.15) is 0 Å². The minimum absolute atomic E-state index is 0.0837. The molecule has 6 heteroatoms. The Labute approximate surface area is 149 Å². The van der Waals surface area contributed by atoms with Crippen LogP contribution in [0.15, 0.2) is 53.0 Å². The number of amides is 2. The Hall–Kier alpha value is -2.34. The lowest BCUT2D eigenvalue weighted by Gasteiger charge is -2.21. The highest BCUT2D eigenvalue weighted by atomic mass is 79.9. The van der Waals surface area contributed by atoms with Crippen molar-refractivity contribution >= 4 is 33.4 Å². The Morgan fingerprint density at radius 1 is 1.17 bits per heavy atom. The van der Waals surface area contributed by atoms with Gasteiger partial charge in [0.1, 0.15) is 5.75 Å². The average molecular weight is 391 g/mol. The molecule has 0 fully saturated rings. The molecule has 0 aliphatic heterocycles. The molecule has 0 heterocycles.